The van der Waals surface area contributed by atoms with Crippen LogP contribution in [0.4, 0.5) is 5.69 Å². The highest BCUT2D eigenvalue weighted by atomic mass is 35.5. The van der Waals surface area contributed by atoms with E-state index in [1.807, 2.05) is 0 Å². The van der Waals surface area contributed by atoms with Crippen molar-refractivity contribution in [3.8, 4) is 11.5 Å². The van der Waals surface area contributed by atoms with Gasteiger partial charge in [0.05, 0.1) is 19.9 Å². The highest BCUT2D eigenvalue weighted by molar-refractivity contribution is 7.92. The molecule has 7 nitrogen and oxygen atoms in total. The van der Waals surface area contributed by atoms with Crippen molar-refractivity contribution >= 4 is 39.4 Å². The molecule has 0 saturated carbocycles. The molecule has 2 N–H and O–H groups in total. The van der Waals surface area contributed by atoms with Gasteiger partial charge in [0.25, 0.3) is 10.0 Å². The molecule has 0 amide bonds. The van der Waals surface area contributed by atoms with Gasteiger partial charge in [0.15, 0.2) is 11.5 Å². The zero-order chi connectivity index (χ0) is 20.2. The third-order valence-electron chi connectivity index (χ3n) is 3.61. The maximum absolute atomic E-state index is 13.0. The molecule has 0 aliphatic carbocycles. The average Bonchev–Trinajstić information content (AvgIpc) is 2.61. The topological polar surface area (TPSA) is 102 Å². The van der Waals surface area contributed by atoms with Crippen LogP contribution in [0.1, 0.15) is 11.1 Å². The number of hydrogen-bond donors (Lipinski definition) is 2. The molecule has 0 unspecified atom stereocenters. The number of rotatable bonds is 7. The van der Waals surface area contributed by atoms with Crippen LogP contribution in [-0.2, 0) is 14.8 Å². The van der Waals surface area contributed by atoms with E-state index in [4.69, 9.17) is 26.2 Å². The van der Waals surface area contributed by atoms with Crippen molar-refractivity contribution in [3.05, 3.63) is 52.6 Å². The summed E-state index contributed by atoms with van der Waals surface area (Å²) in [5.41, 5.74) is 1.31. The first-order chi connectivity index (χ1) is 12.7. The summed E-state index contributed by atoms with van der Waals surface area (Å²) in [7, 11) is -1.39. The van der Waals surface area contributed by atoms with E-state index in [2.05, 4.69) is 4.72 Å². The predicted molar refractivity (Wildman–Crippen MR) is 103 cm³/mol. The van der Waals surface area contributed by atoms with Gasteiger partial charge in [-0.3, -0.25) is 4.72 Å². The fourth-order valence-corrected chi connectivity index (χ4v) is 3.93. The predicted octanol–water partition coefficient (Wildman–Crippen LogP) is 3.56. The molecule has 144 valence electrons. The summed E-state index contributed by atoms with van der Waals surface area (Å²) in [6, 6.07) is 7.52. The number of aliphatic carboxylic acids is 1. The lowest BCUT2D eigenvalue weighted by Crippen LogP contribution is -2.15. The minimum Gasteiger partial charge on any atom is -0.493 e. The standard InChI is InChI=1S/C18H18ClNO6S/c1-11-8-13(19)5-6-14(11)20-27(23,24)16-10-12(4-7-17(21)22)9-15(25-2)18(16)26-3/h4-10,20H,1-3H3,(H,21,22)/b7-4+. The van der Waals surface area contributed by atoms with E-state index in [1.54, 1.807) is 25.1 Å². The molecule has 0 spiro atoms. The highest BCUT2D eigenvalue weighted by Crippen LogP contribution is 2.37. The van der Waals surface area contributed by atoms with Crippen LogP contribution in [-0.4, -0.2) is 33.7 Å². The van der Waals surface area contributed by atoms with E-state index in [0.717, 1.165) is 6.08 Å². The van der Waals surface area contributed by atoms with Crippen LogP contribution in [0, 0.1) is 6.92 Å². The number of benzene rings is 2. The van der Waals surface area contributed by atoms with Gasteiger partial charge in [-0.25, -0.2) is 13.2 Å². The van der Waals surface area contributed by atoms with Crippen LogP contribution in [0.2, 0.25) is 5.02 Å². The lowest BCUT2D eigenvalue weighted by Gasteiger charge is -2.16. The number of aryl methyl sites for hydroxylation is 1. The van der Waals surface area contributed by atoms with Crippen LogP contribution in [0.5, 0.6) is 11.5 Å². The Hall–Kier alpha value is -2.71. The third-order valence-corrected chi connectivity index (χ3v) is 5.21. The molecule has 0 atom stereocenters. The number of nitrogens with one attached hydrogen (secondary N) is 1. The van der Waals surface area contributed by atoms with Gasteiger partial charge in [0.1, 0.15) is 4.90 Å². The molecule has 2 aromatic carbocycles. The van der Waals surface area contributed by atoms with E-state index >= 15 is 0 Å². The van der Waals surface area contributed by atoms with Gasteiger partial charge in [-0.1, -0.05) is 11.6 Å². The lowest BCUT2D eigenvalue weighted by atomic mass is 10.2. The molecule has 2 aromatic rings. The molecule has 0 aromatic heterocycles. The van der Waals surface area contributed by atoms with Crippen LogP contribution >= 0.6 is 11.6 Å². The number of carboxylic acids is 1. The van der Waals surface area contributed by atoms with Crippen molar-refractivity contribution in [2.45, 2.75) is 11.8 Å². The number of halogens is 1. The van der Waals surface area contributed by atoms with Gasteiger partial charge in [0, 0.05) is 11.1 Å². The molecule has 0 saturated heterocycles. The lowest BCUT2D eigenvalue weighted by molar-refractivity contribution is -0.131. The van der Waals surface area contributed by atoms with Crippen molar-refractivity contribution in [2.24, 2.45) is 0 Å². The Morgan fingerprint density at radius 1 is 1.19 bits per heavy atom. The number of sulfonamides is 1. The van der Waals surface area contributed by atoms with Crippen molar-refractivity contribution < 1.29 is 27.8 Å². The van der Waals surface area contributed by atoms with Gasteiger partial charge in [-0.05, 0) is 54.5 Å². The normalized spacial score (nSPS) is 11.4. The zero-order valence-corrected chi connectivity index (χ0v) is 16.4. The monoisotopic (exact) mass is 411 g/mol. The number of anilines is 1. The number of hydrogen-bond acceptors (Lipinski definition) is 5. The first-order valence-electron chi connectivity index (χ1n) is 7.64. The Kier molecular flexibility index (Phi) is 6.35. The summed E-state index contributed by atoms with van der Waals surface area (Å²) in [6.45, 7) is 1.72. The quantitative estimate of drug-likeness (QED) is 0.675. The zero-order valence-electron chi connectivity index (χ0n) is 14.8. The molecule has 27 heavy (non-hydrogen) atoms. The third kappa shape index (κ3) is 4.93. The molecule has 0 heterocycles. The molecule has 9 heteroatoms. The maximum atomic E-state index is 13.0. The van der Waals surface area contributed by atoms with Gasteiger partial charge in [-0.2, -0.15) is 0 Å². The largest absolute Gasteiger partial charge is 0.493 e. The molecule has 2 rings (SSSR count). The first-order valence-corrected chi connectivity index (χ1v) is 9.50. The van der Waals surface area contributed by atoms with E-state index < -0.39 is 16.0 Å². The van der Waals surface area contributed by atoms with Crippen LogP contribution in [0.3, 0.4) is 0 Å². The van der Waals surface area contributed by atoms with Gasteiger partial charge in [0.2, 0.25) is 0 Å². The van der Waals surface area contributed by atoms with Crippen LogP contribution in [0.15, 0.2) is 41.3 Å². The van der Waals surface area contributed by atoms with Crippen LogP contribution < -0.4 is 14.2 Å². The second kappa shape index (κ2) is 8.32. The Morgan fingerprint density at radius 2 is 1.89 bits per heavy atom. The van der Waals surface area contributed by atoms with E-state index in [-0.39, 0.29) is 16.4 Å². The summed E-state index contributed by atoms with van der Waals surface area (Å²) in [5, 5.41) is 9.28. The molecular weight excluding hydrogens is 394 g/mol. The molecule has 0 fully saturated rings. The second-order valence-corrected chi connectivity index (χ2v) is 7.58. The molecule has 0 radical (unpaired) electrons. The van der Waals surface area contributed by atoms with Gasteiger partial charge < -0.3 is 14.6 Å². The SMILES string of the molecule is COc1cc(/C=C/C(=O)O)cc(S(=O)(=O)Nc2ccc(Cl)cc2C)c1OC. The van der Waals surface area contributed by atoms with E-state index in [0.29, 0.717) is 21.8 Å². The summed E-state index contributed by atoms with van der Waals surface area (Å²) >= 11 is 5.90. The highest BCUT2D eigenvalue weighted by Gasteiger charge is 2.24. The van der Waals surface area contributed by atoms with Crippen molar-refractivity contribution in [2.75, 3.05) is 18.9 Å². The first kappa shape index (κ1) is 20.6. The Morgan fingerprint density at radius 3 is 2.44 bits per heavy atom. The summed E-state index contributed by atoms with van der Waals surface area (Å²) < 4.78 is 38.8. The van der Waals surface area contributed by atoms with Gasteiger partial charge in [-0.15, -0.1) is 0 Å². The number of carbonyl (C=O) groups is 1. The minimum absolute atomic E-state index is 0.00379. The summed E-state index contributed by atoms with van der Waals surface area (Å²) in [5.74, 6) is -1.01. The van der Waals surface area contributed by atoms with E-state index in [9.17, 15) is 13.2 Å². The van der Waals surface area contributed by atoms with E-state index in [1.165, 1.54) is 32.4 Å². The van der Waals surface area contributed by atoms with Gasteiger partial charge >= 0.3 is 5.97 Å². The number of carboxylic acid groups (broad SMARTS) is 1. The second-order valence-electron chi connectivity index (χ2n) is 5.49. The molecule has 0 aliphatic heterocycles. The maximum Gasteiger partial charge on any atom is 0.328 e. The Labute approximate surface area is 162 Å². The number of methoxy groups -OCH3 is 2. The average molecular weight is 412 g/mol. The summed E-state index contributed by atoms with van der Waals surface area (Å²) in [6.07, 6.45) is 2.16. The van der Waals surface area contributed by atoms with Crippen molar-refractivity contribution in [1.29, 1.82) is 0 Å². The molecule has 0 bridgehead atoms. The van der Waals surface area contributed by atoms with Crippen molar-refractivity contribution in [3.63, 3.8) is 0 Å². The molecular formula is C18H18ClNO6S. The fraction of sp³-hybridized carbons (Fsp3) is 0.167. The summed E-state index contributed by atoms with van der Waals surface area (Å²) in [4.78, 5) is 10.6. The smallest absolute Gasteiger partial charge is 0.328 e. The minimum atomic E-state index is -4.06. The van der Waals surface area contributed by atoms with Crippen molar-refractivity contribution in [1.82, 2.24) is 0 Å². The fourth-order valence-electron chi connectivity index (χ4n) is 2.35. The molecule has 0 aliphatic rings. The number of ether oxygens (including phenoxy) is 2. The van der Waals surface area contributed by atoms with Crippen LogP contribution in [0.25, 0.3) is 6.08 Å². The Balaban J connectivity index is 2.59. The Bertz CT molecular complexity index is 1000.